The smallest absolute Gasteiger partial charge is 0.490 e. The molecule has 5 heterocycles. The van der Waals surface area contributed by atoms with Crippen molar-refractivity contribution in [2.24, 2.45) is 0 Å². The Bertz CT molecular complexity index is 2920. The maximum atomic E-state index is 13.0. The van der Waals surface area contributed by atoms with Crippen molar-refractivity contribution in [3.63, 3.8) is 0 Å². The molecular weight excluding hydrogens is 1020 g/mol. The molecule has 390 valence electrons. The van der Waals surface area contributed by atoms with E-state index in [0.717, 1.165) is 69.1 Å². The van der Waals surface area contributed by atoms with Gasteiger partial charge in [-0.05, 0) is 50.8 Å². The van der Waals surface area contributed by atoms with Gasteiger partial charge in [-0.1, -0.05) is 19.3 Å². The van der Waals surface area contributed by atoms with Crippen LogP contribution in [-0.2, 0) is 53.0 Å². The minimum Gasteiger partial charge on any atom is -0.748 e. The van der Waals surface area contributed by atoms with Crippen LogP contribution in [0.15, 0.2) is 70.7 Å². The van der Waals surface area contributed by atoms with E-state index in [1.165, 1.54) is 17.2 Å². The molecule has 0 saturated carbocycles. The molecular formula is C41H57N8O18P3S. The number of rotatable bonds is 29. The Morgan fingerprint density at radius 3 is 2.39 bits per heavy atom. The number of pyridine rings is 1. The number of unbranched alkanes of at least 4 members (excludes halogenated alkanes) is 5. The molecule has 5 aromatic rings. The summed E-state index contributed by atoms with van der Waals surface area (Å²) >= 11 is 0. The minimum atomic E-state index is -5.71. The molecule has 1 saturated heterocycles. The molecule has 6 rings (SSSR count). The molecule has 4 aromatic heterocycles. The first kappa shape index (κ1) is 55.7. The van der Waals surface area contributed by atoms with Crippen LogP contribution in [0.3, 0.4) is 0 Å². The number of phosphoric ester groups is 1. The lowest BCUT2D eigenvalue weighted by Gasteiger charge is -2.23. The van der Waals surface area contributed by atoms with Gasteiger partial charge in [0.25, 0.3) is 0 Å². The number of carbonyl (C=O) groups excluding carboxylic acids is 1. The molecule has 1 aliphatic heterocycles. The average Bonchev–Trinajstić information content (AvgIpc) is 3.89. The van der Waals surface area contributed by atoms with Gasteiger partial charge in [0.15, 0.2) is 29.4 Å². The summed E-state index contributed by atoms with van der Waals surface area (Å²) in [4.78, 5) is 77.1. The van der Waals surface area contributed by atoms with Crippen molar-refractivity contribution in [3.05, 3.63) is 71.9 Å². The molecule has 5 atom stereocenters. The van der Waals surface area contributed by atoms with E-state index in [1.54, 1.807) is 35.2 Å². The lowest BCUT2D eigenvalue weighted by molar-refractivity contribution is -0.696. The molecule has 0 aliphatic carbocycles. The summed E-state index contributed by atoms with van der Waals surface area (Å²) in [5, 5.41) is 17.5. The number of hydrogen-bond donors (Lipinski definition) is 7. The SMILES string of the molecule is CCN(CCCCCC(=O)NCCCCCCNc1ncnc2c1ncn2[C@H]1C[C@H](O)[C@@H](COP(=O)(O)OP(=O)(O)OP(=O)(O)O)O1)c1ccc2cc(-c3cc[n+](CCCS(=O)(=O)[O-])cc3)c(=O)oc2c1. The predicted octanol–water partition coefficient (Wildman–Crippen LogP) is 3.99. The lowest BCUT2D eigenvalue weighted by atomic mass is 10.1. The van der Waals surface area contributed by atoms with E-state index < -0.39 is 70.0 Å². The molecule has 0 radical (unpaired) electrons. The van der Waals surface area contributed by atoms with Crippen molar-refractivity contribution in [1.29, 1.82) is 0 Å². The number of amides is 1. The van der Waals surface area contributed by atoms with E-state index in [1.807, 2.05) is 25.1 Å². The first-order valence-electron chi connectivity index (χ1n) is 22.6. The van der Waals surface area contributed by atoms with E-state index in [9.17, 15) is 51.1 Å². The van der Waals surface area contributed by atoms with Crippen LogP contribution < -0.4 is 25.7 Å². The minimum absolute atomic E-state index is 0.00880. The summed E-state index contributed by atoms with van der Waals surface area (Å²) in [5.74, 6) is 0.0218. The highest BCUT2D eigenvalue weighted by atomic mass is 32.2. The highest BCUT2D eigenvalue weighted by Gasteiger charge is 2.43. The van der Waals surface area contributed by atoms with Gasteiger partial charge in [0.05, 0.1) is 34.7 Å². The second-order valence-corrected chi connectivity index (χ2v) is 22.5. The first-order chi connectivity index (χ1) is 33.6. The maximum absolute atomic E-state index is 13.0. The third kappa shape index (κ3) is 17.3. The summed E-state index contributed by atoms with van der Waals surface area (Å²) in [7, 11) is -21.0. The van der Waals surface area contributed by atoms with E-state index in [-0.39, 0.29) is 18.7 Å². The number of fused-ring (bicyclic) bond motifs is 2. The number of anilines is 2. The van der Waals surface area contributed by atoms with Gasteiger partial charge in [-0.25, -0.2) is 46.4 Å². The number of nitrogens with zero attached hydrogens (tertiary/aromatic N) is 6. The van der Waals surface area contributed by atoms with Gasteiger partial charge in [-0.3, -0.25) is 13.9 Å². The standard InChI is InChI=1S/C41H57N8O18P3S/c1-2-48(31-13-12-30-23-32(41(52)65-34(30)24-31)29-14-20-47(21-15-29)18-10-22-71(60,61)62)19-9-5-6-11-36(51)42-16-7-3-4-8-17-43-39-38-40(45-27-44-39)49(28-46-38)37-25-33(50)35(64-37)26-63-69(56,57)67-70(58,59)66-68(53,54)55/h12-15,20-21,23-24,27-28,33,35,37,50H,2-11,16-19,22,25-26H2,1H3,(H6-,42,43,44,45,51,53,54,55,56,57,58,59,60,61,62)/t33-,35+,37+/m0/s1. The van der Waals surface area contributed by atoms with Crippen LogP contribution in [0.1, 0.15) is 77.4 Å². The van der Waals surface area contributed by atoms with Gasteiger partial charge < -0.3 is 53.9 Å². The van der Waals surface area contributed by atoms with Crippen molar-refractivity contribution in [2.45, 2.75) is 96.1 Å². The molecule has 1 amide bonds. The Hall–Kier alpha value is -4.56. The maximum Gasteiger partial charge on any atom is 0.490 e. The lowest BCUT2D eigenvalue weighted by Crippen LogP contribution is -2.33. The van der Waals surface area contributed by atoms with Crippen LogP contribution in [0.25, 0.3) is 33.3 Å². The van der Waals surface area contributed by atoms with Crippen LogP contribution in [0.2, 0.25) is 0 Å². The molecule has 71 heavy (non-hydrogen) atoms. The molecule has 7 N–H and O–H groups in total. The number of aryl methyl sites for hydroxylation is 1. The second-order valence-electron chi connectivity index (χ2n) is 16.6. The Morgan fingerprint density at radius 2 is 1.68 bits per heavy atom. The molecule has 2 unspecified atom stereocenters. The summed E-state index contributed by atoms with van der Waals surface area (Å²) in [6.07, 6.45) is 9.32. The summed E-state index contributed by atoms with van der Waals surface area (Å²) in [6, 6.07) is 11.0. The van der Waals surface area contributed by atoms with Gasteiger partial charge in [-0.15, -0.1) is 0 Å². The van der Waals surface area contributed by atoms with E-state index in [4.69, 9.17) is 18.9 Å². The molecule has 26 nitrogen and oxygen atoms in total. The number of carbonyl (C=O) groups is 1. The number of imidazole rings is 1. The third-order valence-corrected chi connectivity index (χ3v) is 15.8. The van der Waals surface area contributed by atoms with Crippen LogP contribution >= 0.6 is 23.5 Å². The Balaban J connectivity index is 0.838. The van der Waals surface area contributed by atoms with Crippen molar-refractivity contribution in [2.75, 3.05) is 48.8 Å². The predicted molar refractivity (Wildman–Crippen MR) is 253 cm³/mol. The van der Waals surface area contributed by atoms with Crippen LogP contribution in [-0.4, -0.2) is 114 Å². The monoisotopic (exact) mass is 1070 g/mol. The first-order valence-corrected chi connectivity index (χ1v) is 28.7. The number of benzene rings is 1. The number of nitrogens with one attached hydrogen (secondary N) is 2. The fraction of sp³-hybridized carbons (Fsp3) is 0.512. The number of aromatic nitrogens is 5. The quantitative estimate of drug-likeness (QED) is 0.0117. The van der Waals surface area contributed by atoms with Crippen molar-refractivity contribution < 1.29 is 83.0 Å². The molecule has 0 spiro atoms. The largest absolute Gasteiger partial charge is 0.748 e. The molecule has 1 aromatic carbocycles. The fourth-order valence-corrected chi connectivity index (χ4v) is 11.3. The van der Waals surface area contributed by atoms with Crippen LogP contribution in [0.4, 0.5) is 11.5 Å². The number of aliphatic hydroxyl groups excluding tert-OH is 1. The third-order valence-electron chi connectivity index (χ3n) is 11.2. The molecule has 0 bridgehead atoms. The Labute approximate surface area is 407 Å². The second kappa shape index (κ2) is 24.9. The van der Waals surface area contributed by atoms with Crippen LogP contribution in [0.5, 0.6) is 0 Å². The normalized spacial score (nSPS) is 18.1. The number of phosphoric acid groups is 3. The summed E-state index contributed by atoms with van der Waals surface area (Å²) in [6.45, 7) is 4.23. The van der Waals surface area contributed by atoms with Gasteiger partial charge in [0, 0.05) is 86.0 Å². The zero-order chi connectivity index (χ0) is 51.4. The van der Waals surface area contributed by atoms with Crippen molar-refractivity contribution in [3.8, 4) is 11.1 Å². The number of aliphatic hydroxyl groups is 1. The van der Waals surface area contributed by atoms with Gasteiger partial charge in [0.2, 0.25) is 5.91 Å². The van der Waals surface area contributed by atoms with E-state index in [0.29, 0.717) is 59.7 Å². The van der Waals surface area contributed by atoms with Gasteiger partial charge in [-0.2, -0.15) is 8.62 Å². The highest BCUT2D eigenvalue weighted by Crippen LogP contribution is 2.66. The number of hydrogen-bond acceptors (Lipinski definition) is 19. The van der Waals surface area contributed by atoms with E-state index >= 15 is 0 Å². The zero-order valence-corrected chi connectivity index (χ0v) is 42.0. The molecule has 30 heteroatoms. The topological polar surface area (TPSA) is 369 Å². The van der Waals surface area contributed by atoms with Crippen molar-refractivity contribution in [1.82, 2.24) is 24.8 Å². The Kier molecular flexibility index (Phi) is 19.6. The molecule has 1 fully saturated rings. The van der Waals surface area contributed by atoms with Crippen molar-refractivity contribution >= 4 is 73.1 Å². The molecule has 1 aliphatic rings. The zero-order valence-electron chi connectivity index (χ0n) is 38.5. The number of ether oxygens (including phenoxy) is 1. The van der Waals surface area contributed by atoms with Gasteiger partial charge in [0.1, 0.15) is 30.8 Å². The Morgan fingerprint density at radius 1 is 0.944 bits per heavy atom. The van der Waals surface area contributed by atoms with Gasteiger partial charge >= 0.3 is 29.1 Å². The highest BCUT2D eigenvalue weighted by molar-refractivity contribution is 7.85. The van der Waals surface area contributed by atoms with E-state index in [2.05, 4.69) is 43.6 Å². The summed E-state index contributed by atoms with van der Waals surface area (Å²) in [5.41, 5.74) is 2.72. The van der Waals surface area contributed by atoms with Crippen LogP contribution in [0, 0.1) is 0 Å². The summed E-state index contributed by atoms with van der Waals surface area (Å²) < 4.78 is 94.0. The fourth-order valence-electron chi connectivity index (χ4n) is 7.77. The average molecular weight is 1070 g/mol.